The maximum Gasteiger partial charge on any atom is 0.417 e. The molecule has 1 rings (SSSR count). The molecular weight excluding hydrogens is 249 g/mol. The first-order valence-corrected chi connectivity index (χ1v) is 8.40. The Morgan fingerprint density at radius 2 is 1.82 bits per heavy atom. The second kappa shape index (κ2) is 4.52. The molecule has 94 valence electrons. The SMILES string of the molecule is C[Si](C)(C)Oc1cccc(C(F)(F)F)c1C=O. The number of rotatable bonds is 3. The minimum Gasteiger partial charge on any atom is -0.544 e. The molecule has 0 aliphatic carbocycles. The Balaban J connectivity index is 3.29. The molecule has 1 aromatic rings. The lowest BCUT2D eigenvalue weighted by molar-refractivity contribution is -0.137. The maximum atomic E-state index is 12.6. The predicted molar refractivity (Wildman–Crippen MR) is 60.8 cm³/mol. The molecule has 0 heterocycles. The zero-order chi connectivity index (χ0) is 13.3. The van der Waals surface area contributed by atoms with Crippen LogP contribution in [0.25, 0.3) is 0 Å². The number of carbonyl (C=O) groups is 1. The summed E-state index contributed by atoms with van der Waals surface area (Å²) < 4.78 is 43.4. The molecule has 0 radical (unpaired) electrons. The van der Waals surface area contributed by atoms with Crippen molar-refractivity contribution in [3.05, 3.63) is 29.3 Å². The van der Waals surface area contributed by atoms with Gasteiger partial charge in [-0.1, -0.05) is 6.07 Å². The molecule has 0 bridgehead atoms. The Kier molecular flexibility index (Phi) is 3.66. The minimum absolute atomic E-state index is 0.00833. The van der Waals surface area contributed by atoms with E-state index in [-0.39, 0.29) is 12.0 Å². The van der Waals surface area contributed by atoms with Crippen molar-refractivity contribution in [2.24, 2.45) is 0 Å². The molecule has 1 aromatic carbocycles. The second-order valence-corrected chi connectivity index (χ2v) is 8.98. The third-order valence-electron chi connectivity index (χ3n) is 1.91. The summed E-state index contributed by atoms with van der Waals surface area (Å²) in [5.74, 6) is 0.00833. The van der Waals surface area contributed by atoms with Crippen molar-refractivity contribution in [1.29, 1.82) is 0 Å². The monoisotopic (exact) mass is 262 g/mol. The van der Waals surface area contributed by atoms with E-state index in [1.54, 1.807) is 0 Å². The first-order valence-electron chi connectivity index (χ1n) is 4.99. The highest BCUT2D eigenvalue weighted by Gasteiger charge is 2.35. The summed E-state index contributed by atoms with van der Waals surface area (Å²) in [6.45, 7) is 5.51. The molecule has 0 amide bonds. The van der Waals surface area contributed by atoms with E-state index in [1.165, 1.54) is 12.1 Å². The van der Waals surface area contributed by atoms with Crippen molar-refractivity contribution in [3.63, 3.8) is 0 Å². The number of alkyl halides is 3. The van der Waals surface area contributed by atoms with Gasteiger partial charge < -0.3 is 4.43 Å². The fraction of sp³-hybridized carbons (Fsp3) is 0.364. The lowest BCUT2D eigenvalue weighted by atomic mass is 10.1. The molecule has 0 spiro atoms. The summed E-state index contributed by atoms with van der Waals surface area (Å²) in [7, 11) is -2.05. The fourth-order valence-electron chi connectivity index (χ4n) is 1.33. The molecule has 0 fully saturated rings. The van der Waals surface area contributed by atoms with Crippen LogP contribution in [0.4, 0.5) is 13.2 Å². The summed E-state index contributed by atoms with van der Waals surface area (Å²) in [5, 5.41) is 0. The number of hydrogen-bond donors (Lipinski definition) is 0. The zero-order valence-electron chi connectivity index (χ0n) is 9.76. The van der Waals surface area contributed by atoms with E-state index in [0.29, 0.717) is 0 Å². The van der Waals surface area contributed by atoms with Crippen molar-refractivity contribution in [2.75, 3.05) is 0 Å². The molecule has 0 atom stereocenters. The van der Waals surface area contributed by atoms with Crippen molar-refractivity contribution in [2.45, 2.75) is 25.8 Å². The fourth-order valence-corrected chi connectivity index (χ4v) is 2.17. The van der Waals surface area contributed by atoms with E-state index < -0.39 is 25.6 Å². The molecule has 0 aliphatic heterocycles. The number of hydrogen-bond acceptors (Lipinski definition) is 2. The van der Waals surface area contributed by atoms with Crippen LogP contribution < -0.4 is 4.43 Å². The quantitative estimate of drug-likeness (QED) is 0.613. The number of carbonyl (C=O) groups excluding carboxylic acids is 1. The Labute approximate surface area is 98.5 Å². The van der Waals surface area contributed by atoms with E-state index in [1.807, 2.05) is 19.6 Å². The molecule has 0 saturated heterocycles. The number of halogens is 3. The molecule has 0 N–H and O–H groups in total. The van der Waals surface area contributed by atoms with Crippen molar-refractivity contribution < 1.29 is 22.4 Å². The van der Waals surface area contributed by atoms with Crippen LogP contribution in [0.3, 0.4) is 0 Å². The summed E-state index contributed by atoms with van der Waals surface area (Å²) in [6, 6.07) is 3.50. The van der Waals surface area contributed by atoms with E-state index in [4.69, 9.17) is 4.43 Å². The summed E-state index contributed by atoms with van der Waals surface area (Å²) in [5.41, 5.74) is -1.38. The van der Waals surface area contributed by atoms with Crippen LogP contribution in [-0.4, -0.2) is 14.6 Å². The average molecular weight is 262 g/mol. The van der Waals surface area contributed by atoms with Gasteiger partial charge in [-0.3, -0.25) is 4.79 Å². The number of aldehydes is 1. The Bertz CT molecular complexity index is 422. The summed E-state index contributed by atoms with van der Waals surface area (Å²) >= 11 is 0. The van der Waals surface area contributed by atoms with Gasteiger partial charge in [0.2, 0.25) is 8.32 Å². The molecule has 2 nitrogen and oxygen atoms in total. The Hall–Kier alpha value is -1.30. The van der Waals surface area contributed by atoms with Gasteiger partial charge in [-0.05, 0) is 31.8 Å². The van der Waals surface area contributed by atoms with Gasteiger partial charge in [0, 0.05) is 0 Å². The van der Waals surface area contributed by atoms with Crippen molar-refractivity contribution in [1.82, 2.24) is 0 Å². The van der Waals surface area contributed by atoms with Gasteiger partial charge in [-0.15, -0.1) is 0 Å². The number of benzene rings is 1. The highest BCUT2D eigenvalue weighted by atomic mass is 28.4. The van der Waals surface area contributed by atoms with E-state index in [2.05, 4.69) is 0 Å². The lowest BCUT2D eigenvalue weighted by Crippen LogP contribution is -2.30. The standard InChI is InChI=1S/C11H13F3O2Si/c1-17(2,3)16-10-6-4-5-9(8(10)7-15)11(12,13)14/h4-7H,1-3H3. The van der Waals surface area contributed by atoms with E-state index in [9.17, 15) is 18.0 Å². The second-order valence-electron chi connectivity index (χ2n) is 4.55. The average Bonchev–Trinajstić information content (AvgIpc) is 2.13. The zero-order valence-corrected chi connectivity index (χ0v) is 10.8. The molecule has 0 saturated carbocycles. The molecule has 0 aliphatic rings. The smallest absolute Gasteiger partial charge is 0.417 e. The van der Waals surface area contributed by atoms with Gasteiger partial charge in [-0.2, -0.15) is 13.2 Å². The largest absolute Gasteiger partial charge is 0.544 e. The molecule has 0 unspecified atom stereocenters. The van der Waals surface area contributed by atoms with Crippen LogP contribution in [0.15, 0.2) is 18.2 Å². The topological polar surface area (TPSA) is 26.3 Å². The van der Waals surface area contributed by atoms with Gasteiger partial charge >= 0.3 is 6.18 Å². The maximum absolute atomic E-state index is 12.6. The van der Waals surface area contributed by atoms with Crippen LogP contribution in [0.2, 0.25) is 19.6 Å². The van der Waals surface area contributed by atoms with Crippen LogP contribution in [0.1, 0.15) is 15.9 Å². The van der Waals surface area contributed by atoms with Gasteiger partial charge in [0.1, 0.15) is 5.75 Å². The highest BCUT2D eigenvalue weighted by Crippen LogP contribution is 2.35. The van der Waals surface area contributed by atoms with Gasteiger partial charge in [0.15, 0.2) is 6.29 Å². The van der Waals surface area contributed by atoms with Crippen molar-refractivity contribution >= 4 is 14.6 Å². The van der Waals surface area contributed by atoms with Crippen LogP contribution >= 0.6 is 0 Å². The molecule has 6 heteroatoms. The Morgan fingerprint density at radius 1 is 1.24 bits per heavy atom. The molecular formula is C11H13F3O2Si. The third-order valence-corrected chi connectivity index (χ3v) is 2.74. The summed E-state index contributed by atoms with van der Waals surface area (Å²) in [6.07, 6.45) is -4.35. The van der Waals surface area contributed by atoms with Crippen LogP contribution in [0.5, 0.6) is 5.75 Å². The summed E-state index contributed by atoms with van der Waals surface area (Å²) in [4.78, 5) is 10.8. The van der Waals surface area contributed by atoms with E-state index >= 15 is 0 Å². The first-order chi connectivity index (χ1) is 7.65. The lowest BCUT2D eigenvalue weighted by Gasteiger charge is -2.22. The third kappa shape index (κ3) is 3.59. The Morgan fingerprint density at radius 3 is 2.24 bits per heavy atom. The normalized spacial score (nSPS) is 12.4. The highest BCUT2D eigenvalue weighted by molar-refractivity contribution is 6.70. The van der Waals surface area contributed by atoms with Gasteiger partial charge in [0.05, 0.1) is 11.1 Å². The predicted octanol–water partition coefficient (Wildman–Crippen LogP) is 3.73. The van der Waals surface area contributed by atoms with Crippen molar-refractivity contribution in [3.8, 4) is 5.75 Å². The molecule has 17 heavy (non-hydrogen) atoms. The van der Waals surface area contributed by atoms with Crippen LogP contribution in [0, 0.1) is 0 Å². The van der Waals surface area contributed by atoms with Gasteiger partial charge in [0.25, 0.3) is 0 Å². The molecule has 0 aromatic heterocycles. The van der Waals surface area contributed by atoms with E-state index in [0.717, 1.165) is 6.07 Å². The van der Waals surface area contributed by atoms with Gasteiger partial charge in [-0.25, -0.2) is 0 Å². The minimum atomic E-state index is -4.55. The first kappa shape index (κ1) is 13.8. The van der Waals surface area contributed by atoms with Crippen LogP contribution in [-0.2, 0) is 6.18 Å².